The van der Waals surface area contributed by atoms with E-state index in [2.05, 4.69) is 56.6 Å². The monoisotopic (exact) mass is 436 g/mol. The molecule has 0 radical (unpaired) electrons. The third-order valence-electron chi connectivity index (χ3n) is 5.08. The Morgan fingerprint density at radius 3 is 2.17 bits per heavy atom. The van der Waals surface area contributed by atoms with E-state index in [0.717, 1.165) is 25.7 Å². The molecule has 0 bridgehead atoms. The van der Waals surface area contributed by atoms with Gasteiger partial charge < -0.3 is 15.7 Å². The Hall–Kier alpha value is -2.02. The summed E-state index contributed by atoms with van der Waals surface area (Å²) in [5.41, 5.74) is 3.13. The minimum Gasteiger partial charge on any atom is -0.480 e. The summed E-state index contributed by atoms with van der Waals surface area (Å²) < 4.78 is 0. The molecule has 1 unspecified atom stereocenters. The number of carbonyl (C=O) groups is 3. The van der Waals surface area contributed by atoms with Gasteiger partial charge in [0.25, 0.3) is 0 Å². The molecule has 6 nitrogen and oxygen atoms in total. The van der Waals surface area contributed by atoms with Crippen LogP contribution in [-0.2, 0) is 14.4 Å². The molecule has 0 spiro atoms. The Kier molecular flexibility index (Phi) is 11.5. The van der Waals surface area contributed by atoms with E-state index in [0.29, 0.717) is 25.0 Å². The van der Waals surface area contributed by atoms with Crippen LogP contribution < -0.4 is 10.6 Å². The molecule has 2 amide bonds. The van der Waals surface area contributed by atoms with Crippen LogP contribution in [0.5, 0.6) is 0 Å². The van der Waals surface area contributed by atoms with E-state index in [9.17, 15) is 19.5 Å². The third kappa shape index (κ3) is 10.1. The topological polar surface area (TPSA) is 95.5 Å². The Labute approximate surface area is 184 Å². The van der Waals surface area contributed by atoms with Crippen LogP contribution in [-0.4, -0.2) is 46.5 Å². The fraction of sp³-hybridized carbons (Fsp3) is 0.609. The van der Waals surface area contributed by atoms with Crippen molar-refractivity contribution >= 4 is 30.0 Å². The van der Waals surface area contributed by atoms with Gasteiger partial charge in [-0.3, -0.25) is 9.59 Å². The van der Waals surface area contributed by atoms with Crippen molar-refractivity contribution in [1.82, 2.24) is 10.6 Å². The van der Waals surface area contributed by atoms with E-state index in [1.54, 1.807) is 0 Å². The highest BCUT2D eigenvalue weighted by Gasteiger charge is 2.50. The van der Waals surface area contributed by atoms with Crippen molar-refractivity contribution in [3.8, 4) is 0 Å². The minimum atomic E-state index is -1.06. The predicted molar refractivity (Wildman–Crippen MR) is 123 cm³/mol. The zero-order valence-corrected chi connectivity index (χ0v) is 19.4. The molecule has 0 heterocycles. The van der Waals surface area contributed by atoms with Crippen molar-refractivity contribution in [3.63, 3.8) is 0 Å². The normalized spacial score (nSPS) is 16.4. The summed E-state index contributed by atoms with van der Waals surface area (Å²) in [4.78, 5) is 34.3. The maximum atomic E-state index is 12.2. The van der Waals surface area contributed by atoms with Gasteiger partial charge in [-0.25, -0.2) is 4.79 Å². The molecule has 0 aromatic rings. The van der Waals surface area contributed by atoms with Crippen LogP contribution in [0.3, 0.4) is 0 Å². The van der Waals surface area contributed by atoms with E-state index in [4.69, 9.17) is 0 Å². The van der Waals surface area contributed by atoms with E-state index in [-0.39, 0.29) is 5.75 Å². The first kappa shape index (κ1) is 26.0. The van der Waals surface area contributed by atoms with Crippen LogP contribution in [0.25, 0.3) is 0 Å². The van der Waals surface area contributed by atoms with Gasteiger partial charge in [0.2, 0.25) is 12.3 Å². The molecule has 7 heteroatoms. The molecule has 1 rings (SSSR count). The lowest BCUT2D eigenvalue weighted by molar-refractivity contribution is -0.141. The first-order chi connectivity index (χ1) is 14.2. The molecule has 1 aliphatic carbocycles. The molecule has 0 aromatic heterocycles. The molecule has 0 aliphatic heterocycles. The standard InChI is InChI=1S/C23H36N2O4S/c1-17(2)7-5-8-18(3)9-6-10-19(4)11-14-30-15-20(21(27)28)25-22(29)23(12-13-23)24-16-26/h7,9,11,16,20H,5-6,8,10,12-15H2,1-4H3,(H,24,26)(H,25,29)(H,27,28)/b18-9+,19-11+. The van der Waals surface area contributed by atoms with Crippen molar-refractivity contribution in [2.75, 3.05) is 11.5 Å². The first-order valence-corrected chi connectivity index (χ1v) is 11.6. The van der Waals surface area contributed by atoms with E-state index < -0.39 is 23.5 Å². The second kappa shape index (κ2) is 13.3. The maximum absolute atomic E-state index is 12.2. The zero-order valence-electron chi connectivity index (χ0n) is 18.6. The highest BCUT2D eigenvalue weighted by molar-refractivity contribution is 7.99. The fourth-order valence-corrected chi connectivity index (χ4v) is 3.87. The number of nitrogens with one attached hydrogen (secondary N) is 2. The summed E-state index contributed by atoms with van der Waals surface area (Å²) in [6, 6.07) is -0.964. The quantitative estimate of drug-likeness (QED) is 0.205. The van der Waals surface area contributed by atoms with Crippen LogP contribution >= 0.6 is 11.8 Å². The van der Waals surface area contributed by atoms with Crippen LogP contribution in [0.2, 0.25) is 0 Å². The summed E-state index contributed by atoms with van der Waals surface area (Å²) in [5.74, 6) is -0.494. The summed E-state index contributed by atoms with van der Waals surface area (Å²) in [6.45, 7) is 8.49. The van der Waals surface area contributed by atoms with Gasteiger partial charge in [-0.15, -0.1) is 0 Å². The Bertz CT molecular complexity index is 689. The van der Waals surface area contributed by atoms with Crippen molar-refractivity contribution in [2.45, 2.75) is 77.8 Å². The summed E-state index contributed by atoms with van der Waals surface area (Å²) in [6.07, 6.45) is 12.4. The van der Waals surface area contributed by atoms with Gasteiger partial charge in [-0.1, -0.05) is 34.9 Å². The van der Waals surface area contributed by atoms with Crippen LogP contribution in [0, 0.1) is 0 Å². The number of carboxylic acids is 1. The minimum absolute atomic E-state index is 0.283. The number of aliphatic carboxylic acids is 1. The molecule has 0 saturated heterocycles. The van der Waals surface area contributed by atoms with Gasteiger partial charge in [-0.2, -0.15) is 11.8 Å². The molecular weight excluding hydrogens is 400 g/mol. The average Bonchev–Trinajstić information content (AvgIpc) is 3.44. The van der Waals surface area contributed by atoms with Gasteiger partial charge in [0.1, 0.15) is 11.6 Å². The van der Waals surface area contributed by atoms with Crippen LogP contribution in [0.1, 0.15) is 66.2 Å². The molecule has 1 aliphatic rings. The molecule has 0 aromatic carbocycles. The lowest BCUT2D eigenvalue weighted by Crippen LogP contribution is -2.52. The number of hydrogen-bond donors (Lipinski definition) is 3. The Balaban J connectivity index is 2.33. The van der Waals surface area contributed by atoms with E-state index >= 15 is 0 Å². The SMILES string of the molecule is CC(C)=CCC/C(C)=C/CC/C(C)=C/CSCC(NC(=O)C1(NC=O)CC1)C(=O)O. The smallest absolute Gasteiger partial charge is 0.327 e. The van der Waals surface area contributed by atoms with Gasteiger partial charge >= 0.3 is 5.97 Å². The Morgan fingerprint density at radius 1 is 1.03 bits per heavy atom. The molecular formula is C23H36N2O4S. The molecule has 1 atom stereocenters. The average molecular weight is 437 g/mol. The highest BCUT2D eigenvalue weighted by atomic mass is 32.2. The summed E-state index contributed by atoms with van der Waals surface area (Å²) in [5, 5.41) is 14.4. The number of carbonyl (C=O) groups excluding carboxylic acids is 2. The van der Waals surface area contributed by atoms with Gasteiger partial charge in [0, 0.05) is 11.5 Å². The predicted octanol–water partition coefficient (Wildman–Crippen LogP) is 3.99. The molecule has 1 fully saturated rings. The van der Waals surface area contributed by atoms with Crippen LogP contribution in [0.4, 0.5) is 0 Å². The van der Waals surface area contributed by atoms with Crippen LogP contribution in [0.15, 0.2) is 34.9 Å². The number of amides is 2. The van der Waals surface area contributed by atoms with Gasteiger partial charge in [0.15, 0.2) is 0 Å². The first-order valence-electron chi connectivity index (χ1n) is 10.5. The number of rotatable bonds is 15. The summed E-state index contributed by atoms with van der Waals surface area (Å²) >= 11 is 1.47. The highest BCUT2D eigenvalue weighted by Crippen LogP contribution is 2.35. The number of hydrogen-bond acceptors (Lipinski definition) is 4. The number of thioether (sulfide) groups is 1. The molecule has 168 valence electrons. The van der Waals surface area contributed by atoms with Crippen molar-refractivity contribution in [2.24, 2.45) is 0 Å². The van der Waals surface area contributed by atoms with Gasteiger partial charge in [-0.05, 0) is 66.2 Å². The zero-order chi connectivity index (χ0) is 22.6. The Morgan fingerprint density at radius 2 is 1.63 bits per heavy atom. The number of allylic oxidation sites excluding steroid dienone is 5. The second-order valence-electron chi connectivity index (χ2n) is 8.21. The molecule has 30 heavy (non-hydrogen) atoms. The fourth-order valence-electron chi connectivity index (χ4n) is 2.87. The van der Waals surface area contributed by atoms with E-state index in [1.165, 1.54) is 28.5 Å². The van der Waals surface area contributed by atoms with Crippen molar-refractivity contribution < 1.29 is 19.5 Å². The second-order valence-corrected chi connectivity index (χ2v) is 9.28. The van der Waals surface area contributed by atoms with E-state index in [1.807, 2.05) is 0 Å². The molecule has 3 N–H and O–H groups in total. The lowest BCUT2D eigenvalue weighted by atomic mass is 10.1. The largest absolute Gasteiger partial charge is 0.480 e. The number of carboxylic acid groups (broad SMARTS) is 1. The summed E-state index contributed by atoms with van der Waals surface area (Å²) in [7, 11) is 0. The molecule has 1 saturated carbocycles. The lowest BCUT2D eigenvalue weighted by Gasteiger charge is -2.19. The van der Waals surface area contributed by atoms with Gasteiger partial charge in [0.05, 0.1) is 0 Å². The third-order valence-corrected chi connectivity index (χ3v) is 6.05. The van der Waals surface area contributed by atoms with Crippen molar-refractivity contribution in [1.29, 1.82) is 0 Å². The van der Waals surface area contributed by atoms with Crippen molar-refractivity contribution in [3.05, 3.63) is 34.9 Å². The maximum Gasteiger partial charge on any atom is 0.327 e.